The minimum absolute atomic E-state index is 0.336. The average Bonchev–Trinajstić information content (AvgIpc) is 3.24. The van der Waals surface area contributed by atoms with Crippen LogP contribution in [0.4, 0.5) is 0 Å². The van der Waals surface area contributed by atoms with Crippen LogP contribution in [0.5, 0.6) is 11.5 Å². The number of benzene rings is 3. The van der Waals surface area contributed by atoms with E-state index in [1.165, 1.54) is 5.52 Å². The molecule has 0 N–H and O–H groups in total. The number of hydrogen-bond donors (Lipinski definition) is 0. The normalized spacial score (nSPS) is 11.8. The summed E-state index contributed by atoms with van der Waals surface area (Å²) < 4.78 is 18.7. The zero-order valence-electron chi connectivity index (χ0n) is 20.7. The zero-order valence-corrected chi connectivity index (χ0v) is 20.7. The van der Waals surface area contributed by atoms with E-state index in [2.05, 4.69) is 43.2 Å². The molecule has 6 heteroatoms. The number of carbonyl (C=O) groups is 2. The number of rotatable bonds is 11. The molecular weight excluding hydrogens is 454 g/mol. The number of carbonyl (C=O) groups excluding carboxylic acids is 2. The van der Waals surface area contributed by atoms with Crippen LogP contribution in [0.25, 0.3) is 21.8 Å². The summed E-state index contributed by atoms with van der Waals surface area (Å²) in [5, 5.41) is 2.21. The molecule has 1 aromatic heterocycles. The Kier molecular flexibility index (Phi) is 8.06. The van der Waals surface area contributed by atoms with Gasteiger partial charge < -0.3 is 18.8 Å². The summed E-state index contributed by atoms with van der Waals surface area (Å²) >= 11 is 0. The molecular formula is C30H31NO5. The lowest BCUT2D eigenvalue weighted by molar-refractivity contribution is -0.137. The second-order valence-corrected chi connectivity index (χ2v) is 8.66. The monoisotopic (exact) mass is 485 g/mol. The molecule has 0 aliphatic carbocycles. The Bertz CT molecular complexity index is 1370. The first-order valence-corrected chi connectivity index (χ1v) is 12.3. The first-order valence-electron chi connectivity index (χ1n) is 12.3. The van der Waals surface area contributed by atoms with Gasteiger partial charge in [0.05, 0.1) is 18.8 Å². The number of ether oxygens (including phenoxy) is 3. The number of unbranched alkanes of at least 4 members (excludes halogenated alkanes) is 1. The lowest BCUT2D eigenvalue weighted by atomic mass is 10.1. The maximum atomic E-state index is 12.8. The third kappa shape index (κ3) is 5.60. The van der Waals surface area contributed by atoms with Gasteiger partial charge in [-0.25, -0.2) is 9.59 Å². The maximum Gasteiger partial charge on any atom is 0.343 e. The van der Waals surface area contributed by atoms with Gasteiger partial charge in [-0.15, -0.1) is 0 Å². The van der Waals surface area contributed by atoms with Gasteiger partial charge >= 0.3 is 11.9 Å². The fraction of sp³-hybridized carbons (Fsp3) is 0.267. The molecule has 0 radical (unpaired) electrons. The molecule has 0 fully saturated rings. The highest BCUT2D eigenvalue weighted by atomic mass is 16.5. The fourth-order valence-electron chi connectivity index (χ4n) is 4.18. The number of esters is 2. The molecule has 1 unspecified atom stereocenters. The summed E-state index contributed by atoms with van der Waals surface area (Å²) in [5.74, 6) is 0.331. The summed E-state index contributed by atoms with van der Waals surface area (Å²) in [6, 6.07) is 21.4. The number of aromatic nitrogens is 1. The molecule has 6 nitrogen and oxygen atoms in total. The van der Waals surface area contributed by atoms with E-state index in [-0.39, 0.29) is 0 Å². The van der Waals surface area contributed by atoms with Crippen molar-refractivity contribution in [3.8, 4) is 11.5 Å². The quantitative estimate of drug-likeness (QED) is 0.100. The molecule has 0 amide bonds. The van der Waals surface area contributed by atoms with Crippen molar-refractivity contribution in [2.45, 2.75) is 39.2 Å². The van der Waals surface area contributed by atoms with E-state index in [0.29, 0.717) is 42.7 Å². The van der Waals surface area contributed by atoms with Gasteiger partial charge in [-0.2, -0.15) is 0 Å². The van der Waals surface area contributed by atoms with Gasteiger partial charge in [0.1, 0.15) is 11.5 Å². The fourth-order valence-corrected chi connectivity index (χ4v) is 4.18. The highest BCUT2D eigenvalue weighted by Crippen LogP contribution is 2.35. The molecule has 36 heavy (non-hydrogen) atoms. The van der Waals surface area contributed by atoms with Crippen LogP contribution in [0.2, 0.25) is 0 Å². The van der Waals surface area contributed by atoms with Gasteiger partial charge in [0, 0.05) is 33.9 Å². The lowest BCUT2D eigenvalue weighted by Gasteiger charge is -2.14. The molecule has 0 saturated heterocycles. The Morgan fingerprint density at radius 2 is 1.61 bits per heavy atom. The highest BCUT2D eigenvalue weighted by Gasteiger charge is 2.16. The highest BCUT2D eigenvalue weighted by molar-refractivity contribution is 6.08. The SMILES string of the molecule is C=CC(=O)OCCCCOc1ccc(C(=O)Oc2ccc3c(c2)c2ccccc2n3C(C)CC)cc1. The molecule has 0 bridgehead atoms. The van der Waals surface area contributed by atoms with Crippen LogP contribution in [-0.2, 0) is 9.53 Å². The van der Waals surface area contributed by atoms with Crippen LogP contribution in [0.3, 0.4) is 0 Å². The third-order valence-electron chi connectivity index (χ3n) is 6.23. The van der Waals surface area contributed by atoms with E-state index in [1.54, 1.807) is 24.3 Å². The van der Waals surface area contributed by atoms with E-state index in [1.807, 2.05) is 24.3 Å². The van der Waals surface area contributed by atoms with Crippen molar-refractivity contribution >= 4 is 33.7 Å². The molecule has 1 atom stereocenters. The number of hydrogen-bond acceptors (Lipinski definition) is 5. The smallest absolute Gasteiger partial charge is 0.343 e. The number of para-hydroxylation sites is 1. The number of nitrogens with zero attached hydrogens (tertiary/aromatic N) is 1. The minimum Gasteiger partial charge on any atom is -0.494 e. The van der Waals surface area contributed by atoms with E-state index < -0.39 is 11.9 Å². The lowest BCUT2D eigenvalue weighted by Crippen LogP contribution is -2.08. The maximum absolute atomic E-state index is 12.8. The Hall–Kier alpha value is -4.06. The minimum atomic E-state index is -0.421. The van der Waals surface area contributed by atoms with Crippen LogP contribution in [0.1, 0.15) is 49.5 Å². The van der Waals surface area contributed by atoms with Gasteiger partial charge in [0.25, 0.3) is 0 Å². The van der Waals surface area contributed by atoms with Gasteiger partial charge in [0.15, 0.2) is 0 Å². The molecule has 1 heterocycles. The first kappa shape index (κ1) is 25.0. The van der Waals surface area contributed by atoms with E-state index >= 15 is 0 Å². The van der Waals surface area contributed by atoms with Crippen LogP contribution >= 0.6 is 0 Å². The van der Waals surface area contributed by atoms with Crippen molar-refractivity contribution < 1.29 is 23.8 Å². The Morgan fingerprint density at radius 3 is 2.36 bits per heavy atom. The molecule has 4 rings (SSSR count). The van der Waals surface area contributed by atoms with Crippen molar-refractivity contribution in [3.05, 3.63) is 84.9 Å². The summed E-state index contributed by atoms with van der Waals surface area (Å²) in [4.78, 5) is 23.8. The zero-order chi connectivity index (χ0) is 25.5. The second-order valence-electron chi connectivity index (χ2n) is 8.66. The molecule has 4 aromatic rings. The predicted molar refractivity (Wildman–Crippen MR) is 142 cm³/mol. The Balaban J connectivity index is 1.39. The molecule has 0 aliphatic rings. The largest absolute Gasteiger partial charge is 0.494 e. The van der Waals surface area contributed by atoms with Crippen molar-refractivity contribution in [1.29, 1.82) is 0 Å². The predicted octanol–water partition coefficient (Wildman–Crippen LogP) is 6.87. The van der Waals surface area contributed by atoms with Crippen molar-refractivity contribution in [1.82, 2.24) is 4.57 Å². The van der Waals surface area contributed by atoms with E-state index in [9.17, 15) is 9.59 Å². The van der Waals surface area contributed by atoms with E-state index in [4.69, 9.17) is 14.2 Å². The van der Waals surface area contributed by atoms with Gasteiger partial charge in [0.2, 0.25) is 0 Å². The molecule has 0 spiro atoms. The Morgan fingerprint density at radius 1 is 0.917 bits per heavy atom. The summed E-state index contributed by atoms with van der Waals surface area (Å²) in [6.45, 7) is 8.58. The summed E-state index contributed by atoms with van der Waals surface area (Å²) in [7, 11) is 0. The molecule has 186 valence electrons. The first-order chi connectivity index (χ1) is 17.5. The third-order valence-corrected chi connectivity index (χ3v) is 6.23. The van der Waals surface area contributed by atoms with Crippen molar-refractivity contribution in [2.75, 3.05) is 13.2 Å². The van der Waals surface area contributed by atoms with Crippen molar-refractivity contribution in [3.63, 3.8) is 0 Å². The summed E-state index contributed by atoms with van der Waals surface area (Å²) in [5.41, 5.74) is 2.75. The van der Waals surface area contributed by atoms with Crippen LogP contribution < -0.4 is 9.47 Å². The second kappa shape index (κ2) is 11.6. The van der Waals surface area contributed by atoms with Gasteiger partial charge in [-0.1, -0.05) is 31.7 Å². The molecule has 3 aromatic carbocycles. The topological polar surface area (TPSA) is 66.8 Å². The summed E-state index contributed by atoms with van der Waals surface area (Å²) in [6.07, 6.45) is 3.61. The number of fused-ring (bicyclic) bond motifs is 3. The van der Waals surface area contributed by atoms with Crippen LogP contribution in [-0.4, -0.2) is 29.7 Å². The van der Waals surface area contributed by atoms with Gasteiger partial charge in [-0.05, 0) is 74.7 Å². The Labute approximate surface area is 211 Å². The molecule has 0 saturated carbocycles. The van der Waals surface area contributed by atoms with E-state index in [0.717, 1.165) is 35.2 Å². The average molecular weight is 486 g/mol. The standard InChI is InChI=1S/C30H31NO5/c1-4-21(3)31-27-11-7-6-10-25(27)26-20-24(16-17-28(26)31)36-30(33)22-12-14-23(15-13-22)34-18-8-9-19-35-29(32)5-2/h5-7,10-17,20-21H,2,4,8-9,18-19H2,1,3H3. The van der Waals surface area contributed by atoms with Crippen molar-refractivity contribution in [2.24, 2.45) is 0 Å². The van der Waals surface area contributed by atoms with Crippen LogP contribution in [0, 0.1) is 0 Å². The van der Waals surface area contributed by atoms with Crippen LogP contribution in [0.15, 0.2) is 79.4 Å². The van der Waals surface area contributed by atoms with Gasteiger partial charge in [-0.3, -0.25) is 0 Å². The molecule has 0 aliphatic heterocycles.